The van der Waals surface area contributed by atoms with Crippen LogP contribution in [0.25, 0.3) is 22.1 Å². The standard InChI is InChI=1S/C28H23ClO6/c1-3-17-13-20-24(15-23(17)35-28(31)19-7-4-5-8-21(19)29)34-16(2)26(27(20)30)18-9-10-22-25(14-18)33-12-6-11-32-22/h4-5,7-10,13-15H,3,6,11-12H2,1-2H3. The number of rotatable bonds is 4. The lowest BCUT2D eigenvalue weighted by Gasteiger charge is -2.13. The summed E-state index contributed by atoms with van der Waals surface area (Å²) in [5, 5.41) is 0.714. The Hall–Kier alpha value is -3.77. The number of esters is 1. The van der Waals surface area contributed by atoms with Crippen molar-refractivity contribution in [1.29, 1.82) is 0 Å². The second-order valence-electron chi connectivity index (χ2n) is 8.25. The molecule has 35 heavy (non-hydrogen) atoms. The molecule has 5 rings (SSSR count). The Bertz CT molecular complexity index is 1500. The van der Waals surface area contributed by atoms with E-state index in [0.717, 1.165) is 6.42 Å². The molecule has 0 amide bonds. The minimum atomic E-state index is -0.576. The molecule has 0 radical (unpaired) electrons. The van der Waals surface area contributed by atoms with Crippen molar-refractivity contribution in [2.75, 3.05) is 13.2 Å². The van der Waals surface area contributed by atoms with E-state index in [0.29, 0.717) is 75.3 Å². The summed E-state index contributed by atoms with van der Waals surface area (Å²) in [6, 6.07) is 15.5. The van der Waals surface area contributed by atoms with Crippen LogP contribution in [0, 0.1) is 6.92 Å². The lowest BCUT2D eigenvalue weighted by atomic mass is 10.0. The quantitative estimate of drug-likeness (QED) is 0.244. The number of fused-ring (bicyclic) bond motifs is 2. The van der Waals surface area contributed by atoms with E-state index in [1.165, 1.54) is 0 Å². The van der Waals surface area contributed by atoms with Crippen LogP contribution in [0.4, 0.5) is 0 Å². The molecule has 1 aromatic heterocycles. The molecule has 0 spiro atoms. The van der Waals surface area contributed by atoms with Crippen molar-refractivity contribution in [3.8, 4) is 28.4 Å². The predicted octanol–water partition coefficient (Wildman–Crippen LogP) is 6.36. The zero-order chi connectivity index (χ0) is 24.5. The van der Waals surface area contributed by atoms with Gasteiger partial charge in [0.1, 0.15) is 17.1 Å². The lowest BCUT2D eigenvalue weighted by molar-refractivity contribution is 0.0733. The second-order valence-corrected chi connectivity index (χ2v) is 8.66. The van der Waals surface area contributed by atoms with Gasteiger partial charge in [-0.3, -0.25) is 4.79 Å². The molecule has 1 aliphatic heterocycles. The molecule has 0 N–H and O–H groups in total. The van der Waals surface area contributed by atoms with Gasteiger partial charge in [-0.15, -0.1) is 0 Å². The van der Waals surface area contributed by atoms with Crippen molar-refractivity contribution >= 4 is 28.5 Å². The van der Waals surface area contributed by atoms with Crippen LogP contribution in [0.3, 0.4) is 0 Å². The highest BCUT2D eigenvalue weighted by atomic mass is 35.5. The third-order valence-corrected chi connectivity index (χ3v) is 6.29. The highest BCUT2D eigenvalue weighted by molar-refractivity contribution is 6.33. The number of benzene rings is 3. The topological polar surface area (TPSA) is 75.0 Å². The third kappa shape index (κ3) is 4.37. The van der Waals surface area contributed by atoms with E-state index in [-0.39, 0.29) is 11.0 Å². The van der Waals surface area contributed by atoms with Crippen molar-refractivity contribution in [1.82, 2.24) is 0 Å². The molecule has 178 valence electrons. The molecule has 0 unspecified atom stereocenters. The van der Waals surface area contributed by atoms with Gasteiger partial charge in [0.15, 0.2) is 11.5 Å². The molecule has 0 saturated heterocycles. The summed E-state index contributed by atoms with van der Waals surface area (Å²) in [6.07, 6.45) is 1.35. The molecular formula is C28H23ClO6. The van der Waals surface area contributed by atoms with Crippen molar-refractivity contribution in [2.24, 2.45) is 0 Å². The number of hydrogen-bond donors (Lipinski definition) is 0. The summed E-state index contributed by atoms with van der Waals surface area (Å²) in [5.74, 6) is 1.47. The molecule has 0 atom stereocenters. The Labute approximate surface area is 207 Å². The van der Waals surface area contributed by atoms with E-state index in [2.05, 4.69) is 0 Å². The smallest absolute Gasteiger partial charge is 0.345 e. The average Bonchev–Trinajstić information content (AvgIpc) is 3.09. The van der Waals surface area contributed by atoms with Gasteiger partial charge in [0.2, 0.25) is 5.43 Å². The SMILES string of the molecule is CCc1cc2c(=O)c(-c3ccc4c(c3)OCCCO4)c(C)oc2cc1OC(=O)c1ccccc1Cl. The van der Waals surface area contributed by atoms with Gasteiger partial charge in [0.05, 0.1) is 34.7 Å². The van der Waals surface area contributed by atoms with E-state index in [9.17, 15) is 9.59 Å². The van der Waals surface area contributed by atoms with Crippen molar-refractivity contribution < 1.29 is 23.4 Å². The zero-order valence-electron chi connectivity index (χ0n) is 19.4. The summed E-state index contributed by atoms with van der Waals surface area (Å²) in [4.78, 5) is 26.3. The maximum Gasteiger partial charge on any atom is 0.345 e. The predicted molar refractivity (Wildman–Crippen MR) is 134 cm³/mol. The first kappa shape index (κ1) is 23.0. The van der Waals surface area contributed by atoms with Gasteiger partial charge in [0, 0.05) is 12.5 Å². The Balaban J connectivity index is 1.58. The Morgan fingerprint density at radius 3 is 2.57 bits per heavy atom. The summed E-state index contributed by atoms with van der Waals surface area (Å²) in [5.41, 5.74) is 2.28. The molecule has 1 aliphatic rings. The van der Waals surface area contributed by atoms with Gasteiger partial charge in [0.25, 0.3) is 0 Å². The number of halogens is 1. The first-order valence-corrected chi connectivity index (χ1v) is 11.8. The van der Waals surface area contributed by atoms with Gasteiger partial charge >= 0.3 is 5.97 Å². The van der Waals surface area contributed by atoms with E-state index in [4.69, 9.17) is 30.2 Å². The average molecular weight is 491 g/mol. The van der Waals surface area contributed by atoms with Crippen LogP contribution in [-0.4, -0.2) is 19.2 Å². The largest absolute Gasteiger partial charge is 0.490 e. The Morgan fingerprint density at radius 1 is 1.03 bits per heavy atom. The fourth-order valence-electron chi connectivity index (χ4n) is 4.18. The van der Waals surface area contributed by atoms with Crippen LogP contribution in [0.1, 0.15) is 35.0 Å². The monoisotopic (exact) mass is 490 g/mol. The summed E-state index contributed by atoms with van der Waals surface area (Å²) in [7, 11) is 0. The van der Waals surface area contributed by atoms with Gasteiger partial charge < -0.3 is 18.6 Å². The van der Waals surface area contributed by atoms with E-state index < -0.39 is 5.97 Å². The van der Waals surface area contributed by atoms with E-state index >= 15 is 0 Å². The molecule has 7 heteroatoms. The van der Waals surface area contributed by atoms with Crippen LogP contribution in [-0.2, 0) is 6.42 Å². The molecule has 0 saturated carbocycles. The van der Waals surface area contributed by atoms with E-state index in [1.54, 1.807) is 43.3 Å². The number of hydrogen-bond acceptors (Lipinski definition) is 6. The fourth-order valence-corrected chi connectivity index (χ4v) is 4.40. The van der Waals surface area contributed by atoms with Gasteiger partial charge in [-0.25, -0.2) is 4.79 Å². The second kappa shape index (κ2) is 9.47. The van der Waals surface area contributed by atoms with Gasteiger partial charge in [-0.05, 0) is 54.8 Å². The molecule has 3 aromatic carbocycles. The van der Waals surface area contributed by atoms with Gasteiger partial charge in [-0.2, -0.15) is 0 Å². The van der Waals surface area contributed by atoms with Crippen LogP contribution in [0.2, 0.25) is 5.02 Å². The first-order chi connectivity index (χ1) is 17.0. The minimum Gasteiger partial charge on any atom is -0.490 e. The molecule has 2 heterocycles. The maximum atomic E-state index is 13.6. The number of ether oxygens (including phenoxy) is 3. The molecule has 0 aliphatic carbocycles. The Morgan fingerprint density at radius 2 is 1.80 bits per heavy atom. The first-order valence-electron chi connectivity index (χ1n) is 11.4. The zero-order valence-corrected chi connectivity index (χ0v) is 20.1. The third-order valence-electron chi connectivity index (χ3n) is 5.96. The molecular weight excluding hydrogens is 468 g/mol. The normalized spacial score (nSPS) is 12.9. The van der Waals surface area contributed by atoms with Crippen LogP contribution in [0.5, 0.6) is 17.2 Å². The number of carbonyl (C=O) groups is 1. The van der Waals surface area contributed by atoms with Crippen molar-refractivity contribution in [3.05, 3.63) is 86.7 Å². The summed E-state index contributed by atoms with van der Waals surface area (Å²) >= 11 is 6.15. The van der Waals surface area contributed by atoms with Gasteiger partial charge in [-0.1, -0.05) is 36.7 Å². The van der Waals surface area contributed by atoms with E-state index in [1.807, 2.05) is 25.1 Å². The lowest BCUT2D eigenvalue weighted by Crippen LogP contribution is -2.12. The maximum absolute atomic E-state index is 13.6. The number of carbonyl (C=O) groups excluding carboxylic acids is 1. The van der Waals surface area contributed by atoms with Crippen LogP contribution >= 0.6 is 11.6 Å². The summed E-state index contributed by atoms with van der Waals surface area (Å²) in [6.45, 7) is 4.81. The Kier molecular flexibility index (Phi) is 6.22. The molecule has 4 aromatic rings. The van der Waals surface area contributed by atoms with Crippen molar-refractivity contribution in [2.45, 2.75) is 26.7 Å². The summed E-state index contributed by atoms with van der Waals surface area (Å²) < 4.78 is 23.2. The number of aryl methyl sites for hydroxylation is 2. The minimum absolute atomic E-state index is 0.170. The highest BCUT2D eigenvalue weighted by Gasteiger charge is 2.20. The van der Waals surface area contributed by atoms with Crippen molar-refractivity contribution in [3.63, 3.8) is 0 Å². The van der Waals surface area contributed by atoms with Crippen LogP contribution in [0.15, 0.2) is 63.8 Å². The molecule has 0 bridgehead atoms. The fraction of sp³-hybridized carbons (Fsp3) is 0.214. The molecule has 0 fully saturated rings. The highest BCUT2D eigenvalue weighted by Crippen LogP contribution is 2.36. The molecule has 6 nitrogen and oxygen atoms in total. The van der Waals surface area contributed by atoms with Crippen LogP contribution < -0.4 is 19.6 Å².